The molecule has 0 bridgehead atoms. The Bertz CT molecular complexity index is 460. The molecule has 2 amide bonds. The third-order valence-corrected chi connectivity index (χ3v) is 2.62. The third-order valence-electron chi connectivity index (χ3n) is 2.33. The van der Waals surface area contributed by atoms with Crippen LogP contribution in [0.2, 0.25) is 0 Å². The van der Waals surface area contributed by atoms with Gasteiger partial charge in [-0.2, -0.15) is 12.6 Å². The number of benzene rings is 1. The van der Waals surface area contributed by atoms with Crippen molar-refractivity contribution in [3.63, 3.8) is 0 Å². The van der Waals surface area contributed by atoms with E-state index < -0.39 is 17.9 Å². The first kappa shape index (κ1) is 14.1. The molecule has 0 radical (unpaired) electrons. The first-order chi connectivity index (χ1) is 8.60. The summed E-state index contributed by atoms with van der Waals surface area (Å²) in [5.74, 6) is -1.10. The summed E-state index contributed by atoms with van der Waals surface area (Å²) in [7, 11) is 0. The zero-order valence-corrected chi connectivity index (χ0v) is 10.6. The number of carbonyl (C=O) groups excluding carboxylic acids is 2. The van der Waals surface area contributed by atoms with Crippen LogP contribution >= 0.6 is 12.6 Å². The van der Waals surface area contributed by atoms with Crippen molar-refractivity contribution in [3.05, 3.63) is 42.1 Å². The number of rotatable bonds is 5. The fraction of sp³-hybridized carbons (Fsp3) is 0.167. The Morgan fingerprint density at radius 1 is 1.33 bits per heavy atom. The molecule has 1 aromatic carbocycles. The molecular formula is C12H15N3O2S. The molecule has 5 N–H and O–H groups in total. The number of carbonyl (C=O) groups is 2. The van der Waals surface area contributed by atoms with Gasteiger partial charge in [0, 0.05) is 11.8 Å². The molecule has 1 aromatic rings. The van der Waals surface area contributed by atoms with Crippen molar-refractivity contribution in [2.45, 2.75) is 6.04 Å². The van der Waals surface area contributed by atoms with Gasteiger partial charge >= 0.3 is 0 Å². The van der Waals surface area contributed by atoms with Crippen LogP contribution in [-0.2, 0) is 9.59 Å². The normalized spacial score (nSPS) is 12.8. The quantitative estimate of drug-likeness (QED) is 0.559. The molecule has 0 aliphatic carbocycles. The van der Waals surface area contributed by atoms with E-state index in [-0.39, 0.29) is 5.75 Å². The van der Waals surface area contributed by atoms with E-state index in [1.807, 2.05) is 6.07 Å². The average Bonchev–Trinajstić information content (AvgIpc) is 2.39. The van der Waals surface area contributed by atoms with Gasteiger partial charge in [-0.1, -0.05) is 30.3 Å². The SMILES string of the molecule is N/C=C(\c1ccccc1)C(NC(=O)CS)C(N)=O. The van der Waals surface area contributed by atoms with E-state index in [4.69, 9.17) is 11.5 Å². The standard InChI is InChI=1S/C12H15N3O2S/c13-6-9(8-4-2-1-3-5-8)11(12(14)17)15-10(16)7-18/h1-6,11,18H,7,13H2,(H2,14,17)(H,15,16)/b9-6+. The highest BCUT2D eigenvalue weighted by Crippen LogP contribution is 2.17. The van der Waals surface area contributed by atoms with E-state index in [0.717, 1.165) is 5.56 Å². The lowest BCUT2D eigenvalue weighted by atomic mass is 9.99. The number of hydrogen-bond donors (Lipinski definition) is 4. The molecule has 1 atom stereocenters. The molecule has 0 aliphatic rings. The summed E-state index contributed by atoms with van der Waals surface area (Å²) < 4.78 is 0. The molecule has 0 aliphatic heterocycles. The van der Waals surface area contributed by atoms with Crippen LogP contribution in [0.3, 0.4) is 0 Å². The van der Waals surface area contributed by atoms with Gasteiger partial charge in [0.1, 0.15) is 6.04 Å². The molecule has 5 nitrogen and oxygen atoms in total. The smallest absolute Gasteiger partial charge is 0.244 e. The predicted octanol–water partition coefficient (Wildman–Crippen LogP) is -0.114. The number of nitrogens with two attached hydrogens (primary N) is 2. The molecule has 0 aromatic heterocycles. The first-order valence-corrected chi connectivity index (χ1v) is 5.90. The fourth-order valence-corrected chi connectivity index (χ4v) is 1.59. The molecule has 0 fully saturated rings. The molecule has 1 unspecified atom stereocenters. The highest BCUT2D eigenvalue weighted by molar-refractivity contribution is 7.81. The van der Waals surface area contributed by atoms with Gasteiger partial charge < -0.3 is 16.8 Å². The molecular weight excluding hydrogens is 250 g/mol. The van der Waals surface area contributed by atoms with Crippen LogP contribution in [0.1, 0.15) is 5.56 Å². The van der Waals surface area contributed by atoms with Crippen LogP contribution in [0.25, 0.3) is 5.57 Å². The van der Waals surface area contributed by atoms with Crippen molar-refractivity contribution in [2.24, 2.45) is 11.5 Å². The Morgan fingerprint density at radius 3 is 2.39 bits per heavy atom. The second kappa shape index (κ2) is 6.70. The lowest BCUT2D eigenvalue weighted by Crippen LogP contribution is -2.45. The van der Waals surface area contributed by atoms with Gasteiger partial charge in [-0.05, 0) is 5.56 Å². The summed E-state index contributed by atoms with van der Waals surface area (Å²) in [5.41, 5.74) is 12.0. The Balaban J connectivity index is 3.04. The van der Waals surface area contributed by atoms with E-state index in [2.05, 4.69) is 17.9 Å². The van der Waals surface area contributed by atoms with Gasteiger partial charge in [-0.3, -0.25) is 9.59 Å². The summed E-state index contributed by atoms with van der Waals surface area (Å²) >= 11 is 3.83. The molecule has 0 heterocycles. The maximum atomic E-state index is 11.4. The second-order valence-electron chi connectivity index (χ2n) is 3.55. The van der Waals surface area contributed by atoms with Crippen molar-refractivity contribution >= 4 is 30.0 Å². The number of nitrogens with one attached hydrogen (secondary N) is 1. The minimum Gasteiger partial charge on any atom is -0.404 e. The minimum atomic E-state index is -0.961. The van der Waals surface area contributed by atoms with Crippen LogP contribution in [0.4, 0.5) is 0 Å². The number of hydrogen-bond acceptors (Lipinski definition) is 4. The van der Waals surface area contributed by atoms with Crippen molar-refractivity contribution < 1.29 is 9.59 Å². The van der Waals surface area contributed by atoms with Gasteiger partial charge in [0.2, 0.25) is 11.8 Å². The lowest BCUT2D eigenvalue weighted by Gasteiger charge is -2.18. The Morgan fingerprint density at radius 2 is 1.94 bits per heavy atom. The van der Waals surface area contributed by atoms with E-state index in [1.165, 1.54) is 6.20 Å². The molecule has 18 heavy (non-hydrogen) atoms. The largest absolute Gasteiger partial charge is 0.404 e. The van der Waals surface area contributed by atoms with Crippen molar-refractivity contribution in [1.82, 2.24) is 5.32 Å². The predicted molar refractivity (Wildman–Crippen MR) is 73.6 cm³/mol. The van der Waals surface area contributed by atoms with E-state index in [0.29, 0.717) is 5.57 Å². The van der Waals surface area contributed by atoms with Gasteiger partial charge in [0.05, 0.1) is 5.75 Å². The zero-order chi connectivity index (χ0) is 13.5. The summed E-state index contributed by atoms with van der Waals surface area (Å²) in [6.45, 7) is 0. The summed E-state index contributed by atoms with van der Waals surface area (Å²) in [6.07, 6.45) is 1.27. The van der Waals surface area contributed by atoms with Crippen molar-refractivity contribution in [2.75, 3.05) is 5.75 Å². The van der Waals surface area contributed by atoms with Crippen molar-refractivity contribution in [3.8, 4) is 0 Å². The Hall–Kier alpha value is -1.95. The second-order valence-corrected chi connectivity index (χ2v) is 3.87. The van der Waals surface area contributed by atoms with E-state index >= 15 is 0 Å². The first-order valence-electron chi connectivity index (χ1n) is 5.27. The molecule has 1 rings (SSSR count). The molecule has 0 saturated heterocycles. The summed E-state index contributed by atoms with van der Waals surface area (Å²) in [6, 6.07) is 8.04. The van der Waals surface area contributed by atoms with E-state index in [1.54, 1.807) is 24.3 Å². The van der Waals surface area contributed by atoms with Gasteiger partial charge in [0.25, 0.3) is 0 Å². The van der Waals surface area contributed by atoms with Gasteiger partial charge in [0.15, 0.2) is 0 Å². The maximum Gasteiger partial charge on any atom is 0.244 e. The molecule has 0 spiro atoms. The fourth-order valence-electron chi connectivity index (χ4n) is 1.50. The Kier molecular flexibility index (Phi) is 5.26. The van der Waals surface area contributed by atoms with Crippen LogP contribution in [0, 0.1) is 0 Å². The van der Waals surface area contributed by atoms with Crippen LogP contribution in [0.15, 0.2) is 36.5 Å². The van der Waals surface area contributed by atoms with Crippen LogP contribution in [-0.4, -0.2) is 23.6 Å². The topological polar surface area (TPSA) is 98.2 Å². The monoisotopic (exact) mass is 265 g/mol. The third kappa shape index (κ3) is 3.53. The highest BCUT2D eigenvalue weighted by Gasteiger charge is 2.22. The van der Waals surface area contributed by atoms with Gasteiger partial charge in [-0.25, -0.2) is 0 Å². The maximum absolute atomic E-state index is 11.4. The molecule has 0 saturated carbocycles. The summed E-state index contributed by atoms with van der Waals surface area (Å²) in [5, 5.41) is 2.48. The number of amides is 2. The molecule has 6 heteroatoms. The Labute approximate surface area is 111 Å². The highest BCUT2D eigenvalue weighted by atomic mass is 32.1. The number of primary amides is 1. The van der Waals surface area contributed by atoms with Crippen molar-refractivity contribution in [1.29, 1.82) is 0 Å². The molecule has 96 valence electrons. The summed E-state index contributed by atoms with van der Waals surface area (Å²) in [4.78, 5) is 22.7. The van der Waals surface area contributed by atoms with Crippen LogP contribution in [0.5, 0.6) is 0 Å². The average molecular weight is 265 g/mol. The lowest BCUT2D eigenvalue weighted by molar-refractivity contribution is -0.124. The van der Waals surface area contributed by atoms with Gasteiger partial charge in [-0.15, -0.1) is 0 Å². The van der Waals surface area contributed by atoms with E-state index in [9.17, 15) is 9.59 Å². The van der Waals surface area contributed by atoms with Crippen LogP contribution < -0.4 is 16.8 Å². The zero-order valence-electron chi connectivity index (χ0n) is 9.67. The minimum absolute atomic E-state index is 0.0313. The number of thiol groups is 1.